The second-order valence-corrected chi connectivity index (χ2v) is 3.46. The molecule has 0 N–H and O–H groups in total. The molecule has 3 nitrogen and oxygen atoms in total. The van der Waals surface area contributed by atoms with Crippen LogP contribution in [-0.4, -0.2) is 9.78 Å². The van der Waals surface area contributed by atoms with Crippen LogP contribution >= 0.6 is 0 Å². The molecule has 0 saturated heterocycles. The predicted molar refractivity (Wildman–Crippen MR) is 57.6 cm³/mol. The van der Waals surface area contributed by atoms with E-state index in [1.165, 1.54) is 5.56 Å². The Hall–Kier alpha value is -2.08. The van der Waals surface area contributed by atoms with E-state index in [-0.39, 0.29) is 0 Å². The summed E-state index contributed by atoms with van der Waals surface area (Å²) in [6.07, 6.45) is 4.02. The fourth-order valence-electron chi connectivity index (χ4n) is 1.38. The van der Waals surface area contributed by atoms with Crippen molar-refractivity contribution < 1.29 is 0 Å². The second-order valence-electron chi connectivity index (χ2n) is 3.46. The first-order valence-corrected chi connectivity index (χ1v) is 4.77. The van der Waals surface area contributed by atoms with Crippen LogP contribution in [0.5, 0.6) is 0 Å². The third kappa shape index (κ3) is 2.05. The van der Waals surface area contributed by atoms with Gasteiger partial charge < -0.3 is 0 Å². The quantitative estimate of drug-likeness (QED) is 0.740. The molecule has 3 heteroatoms. The standard InChI is InChI=1S/C12H11N3/c1-10-2-4-12(5-3-10)15-9-11(6-7-13)8-14-15/h2-5,8-9H,6H2,1H3. The van der Waals surface area contributed by atoms with Crippen molar-refractivity contribution in [3.63, 3.8) is 0 Å². The first-order chi connectivity index (χ1) is 7.29. The van der Waals surface area contributed by atoms with E-state index >= 15 is 0 Å². The highest BCUT2D eigenvalue weighted by Crippen LogP contribution is 2.09. The third-order valence-electron chi connectivity index (χ3n) is 2.22. The van der Waals surface area contributed by atoms with Crippen LogP contribution in [0.2, 0.25) is 0 Å². The first kappa shape index (κ1) is 9.47. The number of nitriles is 1. The zero-order chi connectivity index (χ0) is 10.7. The Morgan fingerprint density at radius 2 is 2.07 bits per heavy atom. The Kier molecular flexibility index (Phi) is 2.51. The van der Waals surface area contributed by atoms with Gasteiger partial charge in [-0.15, -0.1) is 0 Å². The van der Waals surface area contributed by atoms with E-state index in [0.29, 0.717) is 6.42 Å². The zero-order valence-corrected chi connectivity index (χ0v) is 8.51. The van der Waals surface area contributed by atoms with Crippen molar-refractivity contribution in [2.75, 3.05) is 0 Å². The molecule has 0 amide bonds. The van der Waals surface area contributed by atoms with E-state index in [1.807, 2.05) is 37.4 Å². The predicted octanol–water partition coefficient (Wildman–Crippen LogP) is 2.25. The summed E-state index contributed by atoms with van der Waals surface area (Å²) >= 11 is 0. The Labute approximate surface area is 88.6 Å². The average molecular weight is 197 g/mol. The van der Waals surface area contributed by atoms with Gasteiger partial charge in [0.1, 0.15) is 0 Å². The van der Waals surface area contributed by atoms with Crippen molar-refractivity contribution in [3.05, 3.63) is 47.8 Å². The van der Waals surface area contributed by atoms with E-state index in [9.17, 15) is 0 Å². The van der Waals surface area contributed by atoms with Crippen LogP contribution in [0, 0.1) is 18.3 Å². The van der Waals surface area contributed by atoms with Gasteiger partial charge in [-0.1, -0.05) is 17.7 Å². The molecule has 0 unspecified atom stereocenters. The normalized spacial score (nSPS) is 9.87. The van der Waals surface area contributed by atoms with Gasteiger partial charge in [-0.25, -0.2) is 4.68 Å². The molecular weight excluding hydrogens is 186 g/mol. The van der Waals surface area contributed by atoms with Crippen molar-refractivity contribution in [2.24, 2.45) is 0 Å². The van der Waals surface area contributed by atoms with Crippen LogP contribution in [0.1, 0.15) is 11.1 Å². The van der Waals surface area contributed by atoms with E-state index in [1.54, 1.807) is 10.9 Å². The maximum Gasteiger partial charge on any atom is 0.0670 e. The number of rotatable bonds is 2. The molecule has 0 atom stereocenters. The molecule has 0 aliphatic carbocycles. The Balaban J connectivity index is 2.30. The van der Waals surface area contributed by atoms with E-state index < -0.39 is 0 Å². The summed E-state index contributed by atoms with van der Waals surface area (Å²) < 4.78 is 1.78. The summed E-state index contributed by atoms with van der Waals surface area (Å²) in [5.74, 6) is 0. The lowest BCUT2D eigenvalue weighted by molar-refractivity contribution is 0.879. The molecule has 1 heterocycles. The van der Waals surface area contributed by atoms with Gasteiger partial charge in [0.15, 0.2) is 0 Å². The third-order valence-corrected chi connectivity index (χ3v) is 2.22. The fraction of sp³-hybridized carbons (Fsp3) is 0.167. The Morgan fingerprint density at radius 3 is 2.73 bits per heavy atom. The summed E-state index contributed by atoms with van der Waals surface area (Å²) in [5, 5.41) is 12.7. The zero-order valence-electron chi connectivity index (χ0n) is 8.51. The lowest BCUT2D eigenvalue weighted by Gasteiger charge is -2.00. The number of hydrogen-bond acceptors (Lipinski definition) is 2. The average Bonchev–Trinajstić information content (AvgIpc) is 2.68. The van der Waals surface area contributed by atoms with Crippen molar-refractivity contribution in [2.45, 2.75) is 13.3 Å². The van der Waals surface area contributed by atoms with Gasteiger partial charge in [0.25, 0.3) is 0 Å². The molecule has 0 radical (unpaired) electrons. The van der Waals surface area contributed by atoms with Crippen molar-refractivity contribution in [1.82, 2.24) is 9.78 Å². The molecule has 0 aliphatic heterocycles. The molecule has 2 rings (SSSR count). The molecule has 0 aliphatic rings. The van der Waals surface area contributed by atoms with Crippen LogP contribution < -0.4 is 0 Å². The lowest BCUT2D eigenvalue weighted by Crippen LogP contribution is -1.93. The lowest BCUT2D eigenvalue weighted by atomic mass is 10.2. The molecule has 0 bridgehead atoms. The maximum atomic E-state index is 8.55. The van der Waals surface area contributed by atoms with Crippen LogP contribution in [0.15, 0.2) is 36.7 Å². The molecule has 74 valence electrons. The number of nitrogens with zero attached hydrogens (tertiary/aromatic N) is 3. The molecular formula is C12H11N3. The Bertz CT molecular complexity index is 488. The monoisotopic (exact) mass is 197 g/mol. The van der Waals surface area contributed by atoms with Crippen molar-refractivity contribution in [1.29, 1.82) is 5.26 Å². The number of aryl methyl sites for hydroxylation is 1. The molecule has 15 heavy (non-hydrogen) atoms. The van der Waals surface area contributed by atoms with Gasteiger partial charge in [-0.2, -0.15) is 10.4 Å². The van der Waals surface area contributed by atoms with Gasteiger partial charge >= 0.3 is 0 Å². The minimum absolute atomic E-state index is 0.409. The summed E-state index contributed by atoms with van der Waals surface area (Å²) in [6, 6.07) is 10.2. The highest BCUT2D eigenvalue weighted by atomic mass is 15.3. The molecule has 0 saturated carbocycles. The fourth-order valence-corrected chi connectivity index (χ4v) is 1.38. The molecule has 1 aromatic heterocycles. The summed E-state index contributed by atoms with van der Waals surface area (Å²) in [6.45, 7) is 2.05. The topological polar surface area (TPSA) is 41.6 Å². The molecule has 0 spiro atoms. The number of hydrogen-bond donors (Lipinski definition) is 0. The summed E-state index contributed by atoms with van der Waals surface area (Å²) in [7, 11) is 0. The van der Waals surface area contributed by atoms with Gasteiger partial charge in [0, 0.05) is 11.8 Å². The SMILES string of the molecule is Cc1ccc(-n2cc(CC#N)cn2)cc1. The summed E-state index contributed by atoms with van der Waals surface area (Å²) in [4.78, 5) is 0. The van der Waals surface area contributed by atoms with Crippen LogP contribution in [0.3, 0.4) is 0 Å². The van der Waals surface area contributed by atoms with Gasteiger partial charge in [-0.3, -0.25) is 0 Å². The van der Waals surface area contributed by atoms with Crippen LogP contribution in [0.25, 0.3) is 5.69 Å². The molecule has 1 aromatic carbocycles. The maximum absolute atomic E-state index is 8.55. The van der Waals surface area contributed by atoms with E-state index in [2.05, 4.69) is 11.2 Å². The second kappa shape index (κ2) is 3.97. The van der Waals surface area contributed by atoms with Gasteiger partial charge in [0.05, 0.1) is 24.4 Å². The highest BCUT2D eigenvalue weighted by Gasteiger charge is 1.99. The minimum Gasteiger partial charge on any atom is -0.241 e. The van der Waals surface area contributed by atoms with Gasteiger partial charge in [0.2, 0.25) is 0 Å². The van der Waals surface area contributed by atoms with Crippen molar-refractivity contribution >= 4 is 0 Å². The largest absolute Gasteiger partial charge is 0.241 e. The smallest absolute Gasteiger partial charge is 0.0670 e. The summed E-state index contributed by atoms with van der Waals surface area (Å²) in [5.41, 5.74) is 3.19. The van der Waals surface area contributed by atoms with Crippen LogP contribution in [0.4, 0.5) is 0 Å². The first-order valence-electron chi connectivity index (χ1n) is 4.77. The van der Waals surface area contributed by atoms with E-state index in [4.69, 9.17) is 5.26 Å². The highest BCUT2D eigenvalue weighted by molar-refractivity contribution is 5.34. The van der Waals surface area contributed by atoms with Gasteiger partial charge in [-0.05, 0) is 19.1 Å². The van der Waals surface area contributed by atoms with Crippen LogP contribution in [-0.2, 0) is 6.42 Å². The van der Waals surface area contributed by atoms with Crippen molar-refractivity contribution in [3.8, 4) is 11.8 Å². The number of aromatic nitrogens is 2. The molecule has 0 fully saturated rings. The Morgan fingerprint density at radius 1 is 1.33 bits per heavy atom. The van der Waals surface area contributed by atoms with E-state index in [0.717, 1.165) is 11.3 Å². The number of benzene rings is 1. The molecule has 2 aromatic rings. The minimum atomic E-state index is 0.409.